The van der Waals surface area contributed by atoms with Crippen LogP contribution in [0.15, 0.2) is 24.3 Å². The summed E-state index contributed by atoms with van der Waals surface area (Å²) in [7, 11) is 0. The lowest BCUT2D eigenvalue weighted by molar-refractivity contribution is -0.176. The SMILES string of the molecule is CC(=O)c1ccc(CC(C)C2(C)OCCO2)cc1. The van der Waals surface area contributed by atoms with Crippen molar-refractivity contribution in [3.05, 3.63) is 35.4 Å². The molecule has 0 radical (unpaired) electrons. The zero-order chi connectivity index (χ0) is 13.2. The van der Waals surface area contributed by atoms with Crippen LogP contribution in [-0.2, 0) is 15.9 Å². The molecule has 0 saturated carbocycles. The van der Waals surface area contributed by atoms with Gasteiger partial charge in [0.1, 0.15) is 0 Å². The Labute approximate surface area is 108 Å². The summed E-state index contributed by atoms with van der Waals surface area (Å²) in [5, 5.41) is 0. The third kappa shape index (κ3) is 2.79. The number of hydrogen-bond donors (Lipinski definition) is 0. The van der Waals surface area contributed by atoms with Gasteiger partial charge in [-0.05, 0) is 25.8 Å². The lowest BCUT2D eigenvalue weighted by Gasteiger charge is -2.29. The molecule has 1 fully saturated rings. The molecule has 0 aliphatic carbocycles. The van der Waals surface area contributed by atoms with Gasteiger partial charge in [-0.15, -0.1) is 0 Å². The van der Waals surface area contributed by atoms with Gasteiger partial charge in [0.2, 0.25) is 0 Å². The van der Waals surface area contributed by atoms with E-state index in [1.165, 1.54) is 5.56 Å². The Balaban J connectivity index is 2.02. The second-order valence-corrected chi connectivity index (χ2v) is 5.07. The van der Waals surface area contributed by atoms with Gasteiger partial charge in [-0.2, -0.15) is 0 Å². The van der Waals surface area contributed by atoms with Crippen molar-refractivity contribution in [2.45, 2.75) is 33.0 Å². The summed E-state index contributed by atoms with van der Waals surface area (Å²) in [6.45, 7) is 7.05. The zero-order valence-electron chi connectivity index (χ0n) is 11.2. The van der Waals surface area contributed by atoms with Gasteiger partial charge >= 0.3 is 0 Å². The highest BCUT2D eigenvalue weighted by atomic mass is 16.7. The van der Waals surface area contributed by atoms with Crippen molar-refractivity contribution < 1.29 is 14.3 Å². The minimum atomic E-state index is -0.473. The molecule has 1 saturated heterocycles. The summed E-state index contributed by atoms with van der Waals surface area (Å²) in [5.74, 6) is -0.0913. The van der Waals surface area contributed by atoms with Crippen LogP contribution in [0.3, 0.4) is 0 Å². The lowest BCUT2D eigenvalue weighted by Crippen LogP contribution is -2.35. The van der Waals surface area contributed by atoms with Crippen LogP contribution in [0.5, 0.6) is 0 Å². The summed E-state index contributed by atoms with van der Waals surface area (Å²) >= 11 is 0. The minimum absolute atomic E-state index is 0.101. The third-order valence-corrected chi connectivity index (χ3v) is 3.66. The van der Waals surface area contributed by atoms with Crippen LogP contribution in [0.1, 0.15) is 36.7 Å². The van der Waals surface area contributed by atoms with Gasteiger partial charge in [-0.1, -0.05) is 31.2 Å². The lowest BCUT2D eigenvalue weighted by atomic mass is 9.93. The van der Waals surface area contributed by atoms with E-state index in [0.717, 1.165) is 12.0 Å². The van der Waals surface area contributed by atoms with Gasteiger partial charge in [0.05, 0.1) is 13.2 Å². The molecule has 98 valence electrons. The number of carbonyl (C=O) groups excluding carboxylic acids is 1. The molecule has 1 heterocycles. The Bertz CT molecular complexity index is 416. The van der Waals surface area contributed by atoms with Crippen molar-refractivity contribution in [2.24, 2.45) is 5.92 Å². The molecule has 3 nitrogen and oxygen atoms in total. The second kappa shape index (κ2) is 5.21. The number of ketones is 1. The molecule has 1 aliphatic heterocycles. The van der Waals surface area contributed by atoms with Crippen molar-refractivity contribution in [2.75, 3.05) is 13.2 Å². The fourth-order valence-electron chi connectivity index (χ4n) is 2.23. The van der Waals surface area contributed by atoms with Crippen LogP contribution >= 0.6 is 0 Å². The Morgan fingerprint density at radius 2 is 1.83 bits per heavy atom. The van der Waals surface area contributed by atoms with E-state index in [1.807, 2.05) is 31.2 Å². The quantitative estimate of drug-likeness (QED) is 0.769. The van der Waals surface area contributed by atoms with Crippen LogP contribution in [0.25, 0.3) is 0 Å². The normalized spacial score (nSPS) is 19.7. The van der Waals surface area contributed by atoms with Crippen molar-refractivity contribution >= 4 is 5.78 Å². The molecule has 1 unspecified atom stereocenters. The molecule has 0 aromatic heterocycles. The van der Waals surface area contributed by atoms with Crippen molar-refractivity contribution in [1.82, 2.24) is 0 Å². The minimum Gasteiger partial charge on any atom is -0.348 e. The molecule has 0 amide bonds. The van der Waals surface area contributed by atoms with Crippen molar-refractivity contribution in [3.63, 3.8) is 0 Å². The Morgan fingerprint density at radius 3 is 2.33 bits per heavy atom. The first-order chi connectivity index (χ1) is 8.51. The van der Waals surface area contributed by atoms with Gasteiger partial charge in [0.15, 0.2) is 11.6 Å². The predicted molar refractivity (Wildman–Crippen MR) is 69.6 cm³/mol. The molecular weight excluding hydrogens is 228 g/mol. The van der Waals surface area contributed by atoms with Crippen LogP contribution in [-0.4, -0.2) is 24.8 Å². The molecule has 1 aromatic rings. The third-order valence-electron chi connectivity index (χ3n) is 3.66. The highest BCUT2D eigenvalue weighted by molar-refractivity contribution is 5.93. The van der Waals surface area contributed by atoms with E-state index in [1.54, 1.807) is 6.92 Å². The maximum atomic E-state index is 11.2. The number of ether oxygens (including phenoxy) is 2. The van der Waals surface area contributed by atoms with Gasteiger partial charge in [-0.3, -0.25) is 4.79 Å². The highest BCUT2D eigenvalue weighted by Gasteiger charge is 2.36. The van der Waals surface area contributed by atoms with E-state index in [9.17, 15) is 4.79 Å². The Hall–Kier alpha value is -1.19. The maximum Gasteiger partial charge on any atom is 0.168 e. The van der Waals surface area contributed by atoms with Crippen LogP contribution in [0.2, 0.25) is 0 Å². The fourth-order valence-corrected chi connectivity index (χ4v) is 2.23. The molecule has 18 heavy (non-hydrogen) atoms. The largest absolute Gasteiger partial charge is 0.348 e. The van der Waals surface area contributed by atoms with Crippen LogP contribution in [0, 0.1) is 5.92 Å². The molecule has 2 rings (SSSR count). The highest BCUT2D eigenvalue weighted by Crippen LogP contribution is 2.30. The number of Topliss-reactive ketones (excluding diaryl/α,β-unsaturated/α-hetero) is 1. The molecule has 1 atom stereocenters. The number of hydrogen-bond acceptors (Lipinski definition) is 3. The summed E-state index contributed by atoms with van der Waals surface area (Å²) in [5.41, 5.74) is 1.96. The average Bonchev–Trinajstić information content (AvgIpc) is 2.78. The number of carbonyl (C=O) groups is 1. The van der Waals surface area contributed by atoms with E-state index < -0.39 is 5.79 Å². The summed E-state index contributed by atoms with van der Waals surface area (Å²) < 4.78 is 11.3. The van der Waals surface area contributed by atoms with Gasteiger partial charge in [0, 0.05) is 11.5 Å². The van der Waals surface area contributed by atoms with Gasteiger partial charge in [0.25, 0.3) is 0 Å². The maximum absolute atomic E-state index is 11.2. The number of benzene rings is 1. The molecule has 0 bridgehead atoms. The molecular formula is C15H20O3. The standard InChI is InChI=1S/C15H20O3/c1-11(15(3)17-8-9-18-15)10-13-4-6-14(7-5-13)12(2)16/h4-7,11H,8-10H2,1-3H3. The van der Waals surface area contributed by atoms with Gasteiger partial charge in [-0.25, -0.2) is 0 Å². The summed E-state index contributed by atoms with van der Waals surface area (Å²) in [6.07, 6.45) is 0.884. The molecule has 1 aromatic carbocycles. The van der Waals surface area contributed by atoms with Crippen LogP contribution in [0.4, 0.5) is 0 Å². The predicted octanol–water partition coefficient (Wildman–Crippen LogP) is 2.83. The molecule has 3 heteroatoms. The first-order valence-corrected chi connectivity index (χ1v) is 6.39. The van der Waals surface area contributed by atoms with E-state index >= 15 is 0 Å². The number of rotatable bonds is 4. The topological polar surface area (TPSA) is 35.5 Å². The fraction of sp³-hybridized carbons (Fsp3) is 0.533. The first kappa shape index (κ1) is 13.2. The zero-order valence-corrected chi connectivity index (χ0v) is 11.2. The second-order valence-electron chi connectivity index (χ2n) is 5.07. The Kier molecular flexibility index (Phi) is 3.83. The monoisotopic (exact) mass is 248 g/mol. The summed E-state index contributed by atoms with van der Waals surface area (Å²) in [6, 6.07) is 7.77. The summed E-state index contributed by atoms with van der Waals surface area (Å²) in [4.78, 5) is 11.2. The van der Waals surface area contributed by atoms with E-state index in [2.05, 4.69) is 6.92 Å². The Morgan fingerprint density at radius 1 is 1.28 bits per heavy atom. The van der Waals surface area contributed by atoms with Crippen LogP contribution < -0.4 is 0 Å². The average molecular weight is 248 g/mol. The van der Waals surface area contributed by atoms with Gasteiger partial charge < -0.3 is 9.47 Å². The van der Waals surface area contributed by atoms with E-state index in [-0.39, 0.29) is 11.7 Å². The van der Waals surface area contributed by atoms with Crippen molar-refractivity contribution in [3.8, 4) is 0 Å². The smallest absolute Gasteiger partial charge is 0.168 e. The van der Waals surface area contributed by atoms with Crippen molar-refractivity contribution in [1.29, 1.82) is 0 Å². The van der Waals surface area contributed by atoms with E-state index in [4.69, 9.17) is 9.47 Å². The molecule has 0 N–H and O–H groups in total. The van der Waals surface area contributed by atoms with E-state index in [0.29, 0.717) is 13.2 Å². The first-order valence-electron chi connectivity index (χ1n) is 6.39. The molecule has 0 spiro atoms. The molecule has 1 aliphatic rings.